The molecule has 150 valence electrons. The summed E-state index contributed by atoms with van der Waals surface area (Å²) in [7, 11) is -3.80. The van der Waals surface area contributed by atoms with Crippen molar-refractivity contribution in [1.29, 1.82) is 0 Å². The Labute approximate surface area is 165 Å². The lowest BCUT2D eigenvalue weighted by atomic mass is 10.1. The summed E-state index contributed by atoms with van der Waals surface area (Å²) in [5, 5.41) is 0.277. The number of alkyl halides is 3. The van der Waals surface area contributed by atoms with Crippen molar-refractivity contribution in [3.8, 4) is 0 Å². The van der Waals surface area contributed by atoms with Crippen LogP contribution in [0.3, 0.4) is 0 Å². The van der Waals surface area contributed by atoms with Crippen molar-refractivity contribution in [3.05, 3.63) is 64.7 Å². The molecule has 0 atom stereocenters. The summed E-state index contributed by atoms with van der Waals surface area (Å²) in [6.07, 6.45) is -4.65. The monoisotopic (exact) mass is 432 g/mol. The maximum absolute atomic E-state index is 13.1. The molecule has 1 amide bonds. The molecule has 1 fully saturated rings. The molecule has 0 spiro atoms. The van der Waals surface area contributed by atoms with Gasteiger partial charge in [-0.3, -0.25) is 4.79 Å². The van der Waals surface area contributed by atoms with Crippen LogP contribution in [0.1, 0.15) is 15.9 Å². The van der Waals surface area contributed by atoms with Crippen LogP contribution in [0, 0.1) is 0 Å². The van der Waals surface area contributed by atoms with Crippen LogP contribution < -0.4 is 0 Å². The average Bonchev–Trinajstić information content (AvgIpc) is 2.67. The van der Waals surface area contributed by atoms with Gasteiger partial charge >= 0.3 is 6.18 Å². The fourth-order valence-electron chi connectivity index (χ4n) is 3.00. The zero-order valence-electron chi connectivity index (χ0n) is 14.5. The van der Waals surface area contributed by atoms with Crippen LogP contribution >= 0.6 is 11.6 Å². The van der Waals surface area contributed by atoms with E-state index in [9.17, 15) is 26.4 Å². The lowest BCUT2D eigenvalue weighted by molar-refractivity contribution is -0.138. The Hall–Kier alpha value is -2.10. The Morgan fingerprint density at radius 3 is 2.21 bits per heavy atom. The van der Waals surface area contributed by atoms with Crippen molar-refractivity contribution in [2.75, 3.05) is 26.2 Å². The number of amides is 1. The minimum Gasteiger partial charge on any atom is -0.336 e. The topological polar surface area (TPSA) is 57.7 Å². The minimum atomic E-state index is -4.65. The molecule has 28 heavy (non-hydrogen) atoms. The fourth-order valence-corrected chi connectivity index (χ4v) is 4.72. The molecule has 2 aromatic carbocycles. The zero-order chi connectivity index (χ0) is 20.5. The van der Waals surface area contributed by atoms with E-state index in [2.05, 4.69) is 0 Å². The molecule has 0 N–H and O–H groups in total. The maximum atomic E-state index is 13.1. The second-order valence-electron chi connectivity index (χ2n) is 6.20. The van der Waals surface area contributed by atoms with Gasteiger partial charge in [0.25, 0.3) is 5.91 Å². The summed E-state index contributed by atoms with van der Waals surface area (Å²) in [6.45, 7) is -0.0564. The Morgan fingerprint density at radius 1 is 0.964 bits per heavy atom. The third kappa shape index (κ3) is 4.16. The van der Waals surface area contributed by atoms with Crippen molar-refractivity contribution < 1.29 is 26.4 Å². The number of carbonyl (C=O) groups excluding carboxylic acids is 1. The van der Waals surface area contributed by atoms with Gasteiger partial charge in [0, 0.05) is 31.2 Å². The Bertz CT molecular complexity index is 988. The predicted octanol–water partition coefficient (Wildman–Crippen LogP) is 3.51. The summed E-state index contributed by atoms with van der Waals surface area (Å²) in [5.74, 6) is -0.771. The largest absolute Gasteiger partial charge is 0.417 e. The highest BCUT2D eigenvalue weighted by molar-refractivity contribution is 7.89. The van der Waals surface area contributed by atoms with Gasteiger partial charge in [0.2, 0.25) is 10.0 Å². The summed E-state index contributed by atoms with van der Waals surface area (Å²) in [5.41, 5.74) is -1.45. The first-order chi connectivity index (χ1) is 13.1. The molecule has 0 aromatic heterocycles. The summed E-state index contributed by atoms with van der Waals surface area (Å²) in [6, 6.07) is 10.4. The first-order valence-electron chi connectivity index (χ1n) is 8.32. The van der Waals surface area contributed by atoms with E-state index < -0.39 is 33.2 Å². The number of nitrogens with zero attached hydrogens (tertiary/aromatic N) is 2. The molecule has 1 aliphatic rings. The van der Waals surface area contributed by atoms with Crippen molar-refractivity contribution in [3.63, 3.8) is 0 Å². The first kappa shape index (κ1) is 20.6. The van der Waals surface area contributed by atoms with E-state index in [1.165, 1.54) is 39.5 Å². The van der Waals surface area contributed by atoms with Gasteiger partial charge in [-0.15, -0.1) is 0 Å². The highest BCUT2D eigenvalue weighted by Gasteiger charge is 2.37. The average molecular weight is 433 g/mol. The van der Waals surface area contributed by atoms with Crippen LogP contribution in [-0.4, -0.2) is 49.7 Å². The number of halogens is 4. The molecule has 1 saturated heterocycles. The van der Waals surface area contributed by atoms with Gasteiger partial charge in [-0.05, 0) is 30.3 Å². The molecule has 0 saturated carbocycles. The molecule has 10 heteroatoms. The first-order valence-corrected chi connectivity index (χ1v) is 10.1. The lowest BCUT2D eigenvalue weighted by Gasteiger charge is -2.34. The standard InChI is InChI=1S/C18H16ClF3N2O3S/c19-13-4-3-5-14(12-13)28(26,27)24-10-8-23(9-11-24)17(25)15-6-1-2-7-16(15)18(20,21)22/h1-7,12H,8-11H2. The third-order valence-electron chi connectivity index (χ3n) is 4.42. The summed E-state index contributed by atoms with van der Waals surface area (Å²) >= 11 is 5.85. The van der Waals surface area contributed by atoms with E-state index in [0.717, 1.165) is 12.1 Å². The van der Waals surface area contributed by atoms with Crippen LogP contribution in [0.5, 0.6) is 0 Å². The lowest BCUT2D eigenvalue weighted by Crippen LogP contribution is -2.50. The van der Waals surface area contributed by atoms with Crippen LogP contribution in [0.4, 0.5) is 13.2 Å². The molecule has 3 rings (SSSR count). The molecule has 0 bridgehead atoms. The quantitative estimate of drug-likeness (QED) is 0.745. The van der Waals surface area contributed by atoms with Gasteiger partial charge in [0.1, 0.15) is 0 Å². The summed E-state index contributed by atoms with van der Waals surface area (Å²) in [4.78, 5) is 13.8. The van der Waals surface area contributed by atoms with E-state index in [4.69, 9.17) is 11.6 Å². The highest BCUT2D eigenvalue weighted by atomic mass is 35.5. The zero-order valence-corrected chi connectivity index (χ0v) is 16.1. The minimum absolute atomic E-state index is 0.00911. The molecule has 5 nitrogen and oxygen atoms in total. The Morgan fingerprint density at radius 2 is 1.61 bits per heavy atom. The second-order valence-corrected chi connectivity index (χ2v) is 8.57. The number of benzene rings is 2. The number of piperazine rings is 1. The van der Waals surface area contributed by atoms with Gasteiger partial charge < -0.3 is 4.90 Å². The van der Waals surface area contributed by atoms with Gasteiger partial charge in [0.15, 0.2) is 0 Å². The van der Waals surface area contributed by atoms with Crippen molar-refractivity contribution >= 4 is 27.5 Å². The molecule has 0 radical (unpaired) electrons. The Kier molecular flexibility index (Phi) is 5.69. The molecule has 1 heterocycles. The van der Waals surface area contributed by atoms with Crippen LogP contribution in [-0.2, 0) is 16.2 Å². The van der Waals surface area contributed by atoms with Crippen molar-refractivity contribution in [1.82, 2.24) is 9.21 Å². The van der Waals surface area contributed by atoms with Gasteiger partial charge in [0.05, 0.1) is 16.0 Å². The third-order valence-corrected chi connectivity index (χ3v) is 6.55. The number of hydrogen-bond acceptors (Lipinski definition) is 3. The molecular weight excluding hydrogens is 417 g/mol. The van der Waals surface area contributed by atoms with E-state index >= 15 is 0 Å². The number of rotatable bonds is 3. The van der Waals surface area contributed by atoms with E-state index in [1.807, 2.05) is 0 Å². The molecule has 0 aliphatic carbocycles. The van der Waals surface area contributed by atoms with Crippen LogP contribution in [0.15, 0.2) is 53.4 Å². The van der Waals surface area contributed by atoms with Crippen molar-refractivity contribution in [2.24, 2.45) is 0 Å². The van der Waals surface area contributed by atoms with E-state index in [0.29, 0.717) is 0 Å². The van der Waals surface area contributed by atoms with Gasteiger partial charge in [-0.25, -0.2) is 8.42 Å². The number of hydrogen-bond donors (Lipinski definition) is 0. The Balaban J connectivity index is 1.75. The molecule has 1 aliphatic heterocycles. The molecule has 0 unspecified atom stereocenters. The summed E-state index contributed by atoms with van der Waals surface area (Å²) < 4.78 is 66.0. The van der Waals surface area contributed by atoms with E-state index in [-0.39, 0.29) is 36.1 Å². The fraction of sp³-hybridized carbons (Fsp3) is 0.278. The van der Waals surface area contributed by atoms with E-state index in [1.54, 1.807) is 6.07 Å². The number of sulfonamides is 1. The molecular formula is C18H16ClF3N2O3S. The SMILES string of the molecule is O=C(c1ccccc1C(F)(F)F)N1CCN(S(=O)(=O)c2cccc(Cl)c2)CC1. The molecule has 2 aromatic rings. The van der Waals surface area contributed by atoms with Gasteiger partial charge in [-0.1, -0.05) is 29.8 Å². The van der Waals surface area contributed by atoms with Crippen molar-refractivity contribution in [2.45, 2.75) is 11.1 Å². The smallest absolute Gasteiger partial charge is 0.336 e. The second kappa shape index (κ2) is 7.73. The van der Waals surface area contributed by atoms with Crippen LogP contribution in [0.25, 0.3) is 0 Å². The van der Waals surface area contributed by atoms with Gasteiger partial charge in [-0.2, -0.15) is 17.5 Å². The predicted molar refractivity (Wildman–Crippen MR) is 97.6 cm³/mol. The van der Waals surface area contributed by atoms with Crippen LogP contribution in [0.2, 0.25) is 5.02 Å². The highest BCUT2D eigenvalue weighted by Crippen LogP contribution is 2.32. The number of carbonyl (C=O) groups is 1. The normalized spacial score (nSPS) is 16.2. The maximum Gasteiger partial charge on any atom is 0.417 e.